The molecule has 0 radical (unpaired) electrons. The second kappa shape index (κ2) is 7.84. The SMILES string of the molecule is Cl.c1ccc(C(CC2=NCCCN2)c2ccccc2)cc1. The predicted molar refractivity (Wildman–Crippen MR) is 91.5 cm³/mol. The summed E-state index contributed by atoms with van der Waals surface area (Å²) in [6.07, 6.45) is 2.10. The summed E-state index contributed by atoms with van der Waals surface area (Å²) in [5.41, 5.74) is 2.71. The Morgan fingerprint density at radius 2 is 1.48 bits per heavy atom. The highest BCUT2D eigenvalue weighted by atomic mass is 35.5. The summed E-state index contributed by atoms with van der Waals surface area (Å²) < 4.78 is 0. The molecule has 2 aromatic carbocycles. The maximum atomic E-state index is 4.63. The zero-order valence-corrected chi connectivity index (χ0v) is 12.9. The minimum atomic E-state index is 0. The standard InChI is InChI=1S/C18H20N2.ClH/c1-3-8-15(9-4-1)17(16-10-5-2-6-11-16)14-18-19-12-7-13-20-18;/h1-6,8-11,17H,7,12-14H2,(H,19,20);1H. The smallest absolute Gasteiger partial charge is 0.0972 e. The fraction of sp³-hybridized carbons (Fsp3) is 0.278. The zero-order valence-electron chi connectivity index (χ0n) is 12.0. The van der Waals surface area contributed by atoms with Crippen molar-refractivity contribution in [1.82, 2.24) is 5.32 Å². The Labute approximate surface area is 132 Å². The van der Waals surface area contributed by atoms with Crippen LogP contribution in [0.4, 0.5) is 0 Å². The van der Waals surface area contributed by atoms with Crippen LogP contribution < -0.4 is 5.32 Å². The molecule has 1 heterocycles. The van der Waals surface area contributed by atoms with Crippen LogP contribution in [0.1, 0.15) is 29.9 Å². The first-order valence-electron chi connectivity index (χ1n) is 7.30. The van der Waals surface area contributed by atoms with Crippen molar-refractivity contribution in [1.29, 1.82) is 0 Å². The molecule has 2 nitrogen and oxygen atoms in total. The normalized spacial score (nSPS) is 14.0. The van der Waals surface area contributed by atoms with Gasteiger partial charge in [-0.25, -0.2) is 0 Å². The molecule has 0 saturated heterocycles. The largest absolute Gasteiger partial charge is 0.374 e. The molecule has 0 aromatic heterocycles. The second-order valence-electron chi connectivity index (χ2n) is 5.19. The van der Waals surface area contributed by atoms with E-state index in [0.717, 1.165) is 31.8 Å². The van der Waals surface area contributed by atoms with Crippen LogP contribution >= 0.6 is 12.4 Å². The van der Waals surface area contributed by atoms with Gasteiger partial charge in [-0.1, -0.05) is 60.7 Å². The van der Waals surface area contributed by atoms with Gasteiger partial charge in [0, 0.05) is 25.4 Å². The molecular formula is C18H21ClN2. The Hall–Kier alpha value is -1.80. The summed E-state index contributed by atoms with van der Waals surface area (Å²) in [5.74, 6) is 1.52. The van der Waals surface area contributed by atoms with Crippen molar-refractivity contribution < 1.29 is 0 Å². The highest BCUT2D eigenvalue weighted by molar-refractivity contribution is 5.85. The number of amidine groups is 1. The van der Waals surface area contributed by atoms with E-state index in [1.165, 1.54) is 11.1 Å². The van der Waals surface area contributed by atoms with E-state index in [1.54, 1.807) is 0 Å². The van der Waals surface area contributed by atoms with Crippen LogP contribution in [-0.2, 0) is 0 Å². The van der Waals surface area contributed by atoms with Gasteiger partial charge in [-0.2, -0.15) is 0 Å². The fourth-order valence-electron chi connectivity index (χ4n) is 2.71. The van der Waals surface area contributed by atoms with Crippen molar-refractivity contribution in [2.45, 2.75) is 18.8 Å². The Bertz CT molecular complexity index is 527. The molecule has 2 aromatic rings. The number of rotatable bonds is 4. The molecule has 1 aliphatic rings. The van der Waals surface area contributed by atoms with Crippen LogP contribution in [-0.4, -0.2) is 18.9 Å². The van der Waals surface area contributed by atoms with E-state index >= 15 is 0 Å². The third-order valence-corrected chi connectivity index (χ3v) is 3.77. The molecule has 21 heavy (non-hydrogen) atoms. The molecule has 0 amide bonds. The van der Waals surface area contributed by atoms with Gasteiger partial charge in [0.2, 0.25) is 0 Å². The molecule has 0 fully saturated rings. The minimum absolute atomic E-state index is 0. The Morgan fingerprint density at radius 3 is 1.95 bits per heavy atom. The lowest BCUT2D eigenvalue weighted by Crippen LogP contribution is -2.30. The summed E-state index contributed by atoms with van der Waals surface area (Å²) in [7, 11) is 0. The molecule has 0 atom stereocenters. The molecule has 3 rings (SSSR count). The van der Waals surface area contributed by atoms with Crippen LogP contribution in [0.15, 0.2) is 65.7 Å². The summed E-state index contributed by atoms with van der Waals surface area (Å²) in [6, 6.07) is 21.4. The summed E-state index contributed by atoms with van der Waals surface area (Å²) >= 11 is 0. The fourth-order valence-corrected chi connectivity index (χ4v) is 2.71. The molecule has 0 saturated carbocycles. The van der Waals surface area contributed by atoms with Crippen LogP contribution in [0.2, 0.25) is 0 Å². The van der Waals surface area contributed by atoms with E-state index in [2.05, 4.69) is 71.0 Å². The average molecular weight is 301 g/mol. The first-order valence-corrected chi connectivity index (χ1v) is 7.30. The van der Waals surface area contributed by atoms with Crippen molar-refractivity contribution in [3.63, 3.8) is 0 Å². The maximum absolute atomic E-state index is 4.63. The van der Waals surface area contributed by atoms with Crippen LogP contribution in [0.3, 0.4) is 0 Å². The molecule has 0 unspecified atom stereocenters. The Kier molecular flexibility index (Phi) is 5.82. The number of hydrogen-bond donors (Lipinski definition) is 1. The first-order chi connectivity index (χ1) is 9.93. The van der Waals surface area contributed by atoms with Crippen molar-refractivity contribution in [2.75, 3.05) is 13.1 Å². The maximum Gasteiger partial charge on any atom is 0.0972 e. The van der Waals surface area contributed by atoms with Gasteiger partial charge in [0.15, 0.2) is 0 Å². The summed E-state index contributed by atoms with van der Waals surface area (Å²) in [4.78, 5) is 4.63. The van der Waals surface area contributed by atoms with Crippen LogP contribution in [0.5, 0.6) is 0 Å². The number of benzene rings is 2. The quantitative estimate of drug-likeness (QED) is 0.906. The number of aliphatic imine (C=N–C) groups is 1. The highest BCUT2D eigenvalue weighted by Gasteiger charge is 2.17. The van der Waals surface area contributed by atoms with E-state index in [9.17, 15) is 0 Å². The molecule has 1 N–H and O–H groups in total. The monoisotopic (exact) mass is 300 g/mol. The van der Waals surface area contributed by atoms with Gasteiger partial charge >= 0.3 is 0 Å². The minimum Gasteiger partial charge on any atom is -0.374 e. The molecule has 0 aliphatic carbocycles. The average Bonchev–Trinajstić information content (AvgIpc) is 2.55. The zero-order chi connectivity index (χ0) is 13.6. The van der Waals surface area contributed by atoms with Gasteiger partial charge in [-0.3, -0.25) is 4.99 Å². The van der Waals surface area contributed by atoms with Crippen LogP contribution in [0.25, 0.3) is 0 Å². The highest BCUT2D eigenvalue weighted by Crippen LogP contribution is 2.28. The number of nitrogens with zero attached hydrogens (tertiary/aromatic N) is 1. The molecule has 110 valence electrons. The number of hydrogen-bond acceptors (Lipinski definition) is 2. The summed E-state index contributed by atoms with van der Waals surface area (Å²) in [6.45, 7) is 2.01. The first kappa shape index (κ1) is 15.6. The lowest BCUT2D eigenvalue weighted by Gasteiger charge is -2.22. The second-order valence-corrected chi connectivity index (χ2v) is 5.19. The molecule has 3 heteroatoms. The molecule has 0 bridgehead atoms. The van der Waals surface area contributed by atoms with Crippen molar-refractivity contribution >= 4 is 18.2 Å². The van der Waals surface area contributed by atoms with E-state index < -0.39 is 0 Å². The van der Waals surface area contributed by atoms with Gasteiger partial charge in [0.1, 0.15) is 0 Å². The number of nitrogens with one attached hydrogen (secondary N) is 1. The van der Waals surface area contributed by atoms with E-state index in [1.807, 2.05) is 0 Å². The molecule has 1 aliphatic heterocycles. The van der Waals surface area contributed by atoms with Crippen LogP contribution in [0, 0.1) is 0 Å². The van der Waals surface area contributed by atoms with Gasteiger partial charge in [-0.05, 0) is 17.5 Å². The van der Waals surface area contributed by atoms with Gasteiger partial charge < -0.3 is 5.32 Å². The van der Waals surface area contributed by atoms with E-state index in [-0.39, 0.29) is 12.4 Å². The van der Waals surface area contributed by atoms with Gasteiger partial charge in [0.05, 0.1) is 5.84 Å². The van der Waals surface area contributed by atoms with Crippen molar-refractivity contribution in [3.05, 3.63) is 71.8 Å². The van der Waals surface area contributed by atoms with Gasteiger partial charge in [-0.15, -0.1) is 12.4 Å². The third-order valence-electron chi connectivity index (χ3n) is 3.77. The Balaban J connectivity index is 0.00000161. The molecular weight excluding hydrogens is 280 g/mol. The van der Waals surface area contributed by atoms with Crippen molar-refractivity contribution in [3.8, 4) is 0 Å². The lowest BCUT2D eigenvalue weighted by molar-refractivity contribution is 0.707. The lowest BCUT2D eigenvalue weighted by atomic mass is 9.88. The van der Waals surface area contributed by atoms with E-state index in [4.69, 9.17) is 0 Å². The van der Waals surface area contributed by atoms with Gasteiger partial charge in [0.25, 0.3) is 0 Å². The number of halogens is 1. The van der Waals surface area contributed by atoms with E-state index in [0.29, 0.717) is 5.92 Å². The Morgan fingerprint density at radius 1 is 0.905 bits per heavy atom. The van der Waals surface area contributed by atoms with Crippen molar-refractivity contribution in [2.24, 2.45) is 4.99 Å². The third kappa shape index (κ3) is 4.08. The summed E-state index contributed by atoms with van der Waals surface area (Å²) in [5, 5.41) is 3.44. The predicted octanol–water partition coefficient (Wildman–Crippen LogP) is 4.02. The topological polar surface area (TPSA) is 24.4 Å². The molecule has 0 spiro atoms.